The smallest absolute Gasteiger partial charge is 0.293 e. The molecule has 0 aliphatic rings. The zero-order valence-electron chi connectivity index (χ0n) is 4.16. The molecule has 0 N–H and O–H groups in total. The molecule has 0 heterocycles. The molecule has 4 heteroatoms. The highest BCUT2D eigenvalue weighted by atomic mass is 16.5. The Morgan fingerprint density at radius 1 is 1.75 bits per heavy atom. The van der Waals surface area contributed by atoms with Gasteiger partial charge in [-0.15, -0.1) is 0 Å². The average Bonchev–Trinajstić information content (AvgIpc) is 1.81. The quantitative estimate of drug-likeness (QED) is 0.215. The fraction of sp³-hybridized carbons (Fsp3) is 0.500. The van der Waals surface area contributed by atoms with Gasteiger partial charge in [0.05, 0.1) is 6.54 Å². The highest BCUT2D eigenvalue weighted by molar-refractivity contribution is 5.37. The van der Waals surface area contributed by atoms with E-state index >= 15 is 0 Å². The zero-order valence-corrected chi connectivity index (χ0v) is 4.16. The number of isocyanates is 1. The van der Waals surface area contributed by atoms with Gasteiger partial charge in [-0.25, -0.2) is 9.79 Å². The van der Waals surface area contributed by atoms with Gasteiger partial charge < -0.3 is 4.74 Å². The third-order valence-electron chi connectivity index (χ3n) is 0.454. The van der Waals surface area contributed by atoms with Gasteiger partial charge in [0, 0.05) is 0 Å². The van der Waals surface area contributed by atoms with E-state index in [4.69, 9.17) is 0 Å². The second-order valence-corrected chi connectivity index (χ2v) is 0.940. The van der Waals surface area contributed by atoms with E-state index in [9.17, 15) is 9.59 Å². The number of ether oxygens (including phenoxy) is 1. The van der Waals surface area contributed by atoms with Crippen molar-refractivity contribution in [1.82, 2.24) is 0 Å². The zero-order chi connectivity index (χ0) is 6.24. The van der Waals surface area contributed by atoms with Crippen molar-refractivity contribution in [3.8, 4) is 0 Å². The molecule has 0 aromatic heterocycles. The molecule has 0 spiro atoms. The maximum Gasteiger partial charge on any atom is 0.293 e. The number of carbonyl (C=O) groups excluding carboxylic acids is 2. The van der Waals surface area contributed by atoms with E-state index in [-0.39, 0.29) is 13.2 Å². The molecule has 8 heavy (non-hydrogen) atoms. The van der Waals surface area contributed by atoms with Crippen LogP contribution >= 0.6 is 0 Å². The standard InChI is InChI=1S/C4H5NO3/c6-3-5-1-2-8-4-7/h4H,1-2H2. The number of nitrogens with zero attached hydrogens (tertiary/aromatic N) is 1. The van der Waals surface area contributed by atoms with E-state index in [1.165, 1.54) is 6.08 Å². The molecule has 0 aromatic rings. The van der Waals surface area contributed by atoms with E-state index in [2.05, 4.69) is 9.73 Å². The molecular weight excluding hydrogens is 110 g/mol. The first kappa shape index (κ1) is 6.85. The lowest BCUT2D eigenvalue weighted by Gasteiger charge is -1.87. The largest absolute Gasteiger partial charge is 0.466 e. The fourth-order valence-corrected chi connectivity index (χ4v) is 0.192. The first-order valence-electron chi connectivity index (χ1n) is 2.00. The van der Waals surface area contributed by atoms with Crippen molar-refractivity contribution < 1.29 is 14.3 Å². The Kier molecular flexibility index (Phi) is 5.01. The Bertz CT molecular complexity index is 106. The lowest BCUT2D eigenvalue weighted by molar-refractivity contribution is -0.128. The Balaban J connectivity index is 2.93. The molecular formula is C4H5NO3. The summed E-state index contributed by atoms with van der Waals surface area (Å²) in [6.45, 7) is 0.654. The molecule has 4 nitrogen and oxygen atoms in total. The second-order valence-electron chi connectivity index (χ2n) is 0.940. The van der Waals surface area contributed by atoms with Gasteiger partial charge in [0.2, 0.25) is 6.08 Å². The number of hydrogen-bond donors (Lipinski definition) is 0. The Morgan fingerprint density at radius 3 is 3.00 bits per heavy atom. The van der Waals surface area contributed by atoms with Crippen LogP contribution in [0.5, 0.6) is 0 Å². The number of carbonyl (C=O) groups is 1. The molecule has 0 amide bonds. The van der Waals surface area contributed by atoms with Crippen LogP contribution in [0.4, 0.5) is 0 Å². The van der Waals surface area contributed by atoms with Gasteiger partial charge in [-0.2, -0.15) is 0 Å². The number of hydrogen-bond acceptors (Lipinski definition) is 4. The van der Waals surface area contributed by atoms with Crippen LogP contribution in [0, 0.1) is 0 Å². The molecule has 0 unspecified atom stereocenters. The van der Waals surface area contributed by atoms with Crippen LogP contribution in [0.1, 0.15) is 0 Å². The summed E-state index contributed by atoms with van der Waals surface area (Å²) in [4.78, 5) is 21.9. The Hall–Kier alpha value is -1.15. The SMILES string of the molecule is O=C=NCCOC=O. The Labute approximate surface area is 46.2 Å². The van der Waals surface area contributed by atoms with E-state index in [0.29, 0.717) is 6.47 Å². The molecule has 0 aliphatic carbocycles. The predicted octanol–water partition coefficient (Wildman–Crippen LogP) is -0.505. The summed E-state index contributed by atoms with van der Waals surface area (Å²) in [6.07, 6.45) is 1.31. The number of rotatable bonds is 4. The van der Waals surface area contributed by atoms with Crippen molar-refractivity contribution in [2.45, 2.75) is 0 Å². The van der Waals surface area contributed by atoms with Crippen molar-refractivity contribution in [2.24, 2.45) is 4.99 Å². The van der Waals surface area contributed by atoms with Crippen molar-refractivity contribution in [3.05, 3.63) is 0 Å². The van der Waals surface area contributed by atoms with Crippen LogP contribution in [-0.4, -0.2) is 25.7 Å². The summed E-state index contributed by atoms with van der Waals surface area (Å²) in [5.74, 6) is 0. The Morgan fingerprint density at radius 2 is 2.50 bits per heavy atom. The maximum absolute atomic E-state index is 9.41. The predicted molar refractivity (Wildman–Crippen MR) is 25.0 cm³/mol. The molecule has 44 valence electrons. The minimum absolute atomic E-state index is 0.152. The van der Waals surface area contributed by atoms with Gasteiger partial charge in [0.15, 0.2) is 0 Å². The van der Waals surface area contributed by atoms with Crippen molar-refractivity contribution in [3.63, 3.8) is 0 Å². The fourth-order valence-electron chi connectivity index (χ4n) is 0.192. The normalized spacial score (nSPS) is 7.00. The van der Waals surface area contributed by atoms with Crippen LogP contribution in [0.15, 0.2) is 4.99 Å². The van der Waals surface area contributed by atoms with Crippen molar-refractivity contribution in [1.29, 1.82) is 0 Å². The molecule has 0 rings (SSSR count). The van der Waals surface area contributed by atoms with Gasteiger partial charge in [-0.3, -0.25) is 4.79 Å². The second kappa shape index (κ2) is 5.85. The maximum atomic E-state index is 9.41. The molecule has 0 aliphatic heterocycles. The molecule has 0 radical (unpaired) electrons. The van der Waals surface area contributed by atoms with Crippen molar-refractivity contribution in [2.75, 3.05) is 13.2 Å². The summed E-state index contributed by atoms with van der Waals surface area (Å²) in [5.41, 5.74) is 0. The van der Waals surface area contributed by atoms with Crippen LogP contribution in [-0.2, 0) is 14.3 Å². The summed E-state index contributed by atoms with van der Waals surface area (Å²) in [7, 11) is 0. The lowest BCUT2D eigenvalue weighted by atomic mass is 10.7. The highest BCUT2D eigenvalue weighted by Gasteiger charge is 1.77. The van der Waals surface area contributed by atoms with Crippen LogP contribution in [0.25, 0.3) is 0 Å². The summed E-state index contributed by atoms with van der Waals surface area (Å²) >= 11 is 0. The molecule has 0 bridgehead atoms. The summed E-state index contributed by atoms with van der Waals surface area (Å²) in [5, 5.41) is 0. The third kappa shape index (κ3) is 4.85. The number of aliphatic imine (C=N–C) groups is 1. The van der Waals surface area contributed by atoms with Crippen LogP contribution in [0.3, 0.4) is 0 Å². The molecule has 0 atom stereocenters. The molecule has 0 aromatic carbocycles. The molecule has 0 fully saturated rings. The monoisotopic (exact) mass is 115 g/mol. The minimum atomic E-state index is 0.152. The molecule has 0 saturated carbocycles. The van der Waals surface area contributed by atoms with E-state index < -0.39 is 0 Å². The van der Waals surface area contributed by atoms with E-state index in [0.717, 1.165) is 0 Å². The average molecular weight is 115 g/mol. The lowest BCUT2D eigenvalue weighted by Crippen LogP contribution is -1.94. The first-order valence-corrected chi connectivity index (χ1v) is 2.00. The summed E-state index contributed by atoms with van der Waals surface area (Å²) < 4.78 is 4.18. The first-order chi connectivity index (χ1) is 3.91. The van der Waals surface area contributed by atoms with Crippen LogP contribution < -0.4 is 0 Å². The van der Waals surface area contributed by atoms with Gasteiger partial charge in [-0.05, 0) is 0 Å². The van der Waals surface area contributed by atoms with E-state index in [1.54, 1.807) is 0 Å². The molecule has 0 saturated heterocycles. The topological polar surface area (TPSA) is 55.7 Å². The van der Waals surface area contributed by atoms with Gasteiger partial charge in [0.1, 0.15) is 6.61 Å². The van der Waals surface area contributed by atoms with Gasteiger partial charge >= 0.3 is 0 Å². The van der Waals surface area contributed by atoms with Crippen molar-refractivity contribution >= 4 is 12.6 Å². The summed E-state index contributed by atoms with van der Waals surface area (Å²) in [6, 6.07) is 0. The van der Waals surface area contributed by atoms with Gasteiger partial charge in [0.25, 0.3) is 6.47 Å². The minimum Gasteiger partial charge on any atom is -0.466 e. The van der Waals surface area contributed by atoms with Crippen LogP contribution in [0.2, 0.25) is 0 Å². The third-order valence-corrected chi connectivity index (χ3v) is 0.454. The van der Waals surface area contributed by atoms with E-state index in [1.807, 2.05) is 0 Å². The van der Waals surface area contributed by atoms with Gasteiger partial charge in [-0.1, -0.05) is 0 Å². The highest BCUT2D eigenvalue weighted by Crippen LogP contribution is 1.67.